The molecule has 9 heteroatoms. The number of hydrogen-bond donors (Lipinski definition) is 1. The zero-order valence-corrected chi connectivity index (χ0v) is 11.2. The minimum absolute atomic E-state index is 0.278. The summed E-state index contributed by atoms with van der Waals surface area (Å²) >= 11 is 3.04. The lowest BCUT2D eigenvalue weighted by Gasteiger charge is -2.10. The molecule has 20 heavy (non-hydrogen) atoms. The van der Waals surface area contributed by atoms with Crippen LogP contribution in [0.3, 0.4) is 0 Å². The molecule has 0 spiro atoms. The van der Waals surface area contributed by atoms with Gasteiger partial charge in [0.1, 0.15) is 5.82 Å². The van der Waals surface area contributed by atoms with Gasteiger partial charge in [0.15, 0.2) is 11.6 Å². The van der Waals surface area contributed by atoms with Crippen molar-refractivity contribution in [3.8, 4) is 11.6 Å². The molecular weight excluding hydrogens is 346 g/mol. The first-order chi connectivity index (χ1) is 9.25. The Morgan fingerprint density at radius 1 is 1.15 bits per heavy atom. The highest BCUT2D eigenvalue weighted by Gasteiger charge is 2.35. The molecule has 106 valence electrons. The molecule has 1 aromatic heterocycles. The van der Waals surface area contributed by atoms with Gasteiger partial charge in [0.25, 0.3) is 0 Å². The maximum absolute atomic E-state index is 13.5. The maximum Gasteiger partial charge on any atom is 0.451 e. The van der Waals surface area contributed by atoms with Gasteiger partial charge in [-0.1, -0.05) is 15.9 Å². The molecule has 0 radical (unpaired) electrons. The zero-order valence-electron chi connectivity index (χ0n) is 9.58. The topological polar surface area (TPSA) is 61.0 Å². The van der Waals surface area contributed by atoms with Gasteiger partial charge in [-0.25, -0.2) is 9.37 Å². The first kappa shape index (κ1) is 14.5. The smallest absolute Gasteiger partial charge is 0.436 e. The summed E-state index contributed by atoms with van der Waals surface area (Å²) in [7, 11) is 0. The van der Waals surface area contributed by atoms with Crippen molar-refractivity contribution in [2.75, 3.05) is 5.73 Å². The summed E-state index contributed by atoms with van der Waals surface area (Å²) < 4.78 is 56.4. The maximum atomic E-state index is 13.5. The quantitative estimate of drug-likeness (QED) is 0.836. The third kappa shape index (κ3) is 3.35. The fourth-order valence-corrected chi connectivity index (χ4v) is 1.63. The van der Waals surface area contributed by atoms with E-state index in [-0.39, 0.29) is 5.75 Å². The lowest BCUT2D eigenvalue weighted by molar-refractivity contribution is -0.145. The molecular formula is C11H6BrF4N3O. The van der Waals surface area contributed by atoms with E-state index in [2.05, 4.69) is 25.9 Å². The minimum atomic E-state index is -4.77. The Labute approximate surface area is 118 Å². The molecule has 0 saturated carbocycles. The van der Waals surface area contributed by atoms with Crippen molar-refractivity contribution in [3.05, 3.63) is 40.4 Å². The molecule has 2 rings (SSSR count). The van der Waals surface area contributed by atoms with Crippen molar-refractivity contribution in [2.24, 2.45) is 0 Å². The van der Waals surface area contributed by atoms with Gasteiger partial charge in [0.05, 0.1) is 0 Å². The first-order valence-electron chi connectivity index (χ1n) is 5.10. The summed E-state index contributed by atoms with van der Waals surface area (Å²) in [4.78, 5) is 6.19. The highest BCUT2D eigenvalue weighted by atomic mass is 79.9. The van der Waals surface area contributed by atoms with Gasteiger partial charge in [-0.05, 0) is 18.2 Å². The Morgan fingerprint density at radius 2 is 1.85 bits per heavy atom. The van der Waals surface area contributed by atoms with Crippen LogP contribution < -0.4 is 10.5 Å². The van der Waals surface area contributed by atoms with Crippen LogP contribution in [-0.4, -0.2) is 9.97 Å². The number of rotatable bonds is 2. The molecule has 0 fully saturated rings. The van der Waals surface area contributed by atoms with Gasteiger partial charge in [0, 0.05) is 10.5 Å². The molecule has 4 nitrogen and oxygen atoms in total. The molecule has 2 N–H and O–H groups in total. The van der Waals surface area contributed by atoms with Crippen LogP contribution in [-0.2, 0) is 6.18 Å². The monoisotopic (exact) mass is 351 g/mol. The Hall–Kier alpha value is -1.90. The molecule has 0 bridgehead atoms. The first-order valence-corrected chi connectivity index (χ1v) is 5.89. The normalized spacial score (nSPS) is 11.4. The number of nitrogen functional groups attached to an aromatic ring is 1. The van der Waals surface area contributed by atoms with Gasteiger partial charge in [-0.15, -0.1) is 0 Å². The highest BCUT2D eigenvalue weighted by Crippen LogP contribution is 2.31. The van der Waals surface area contributed by atoms with Crippen molar-refractivity contribution < 1.29 is 22.3 Å². The average Bonchev–Trinajstić information content (AvgIpc) is 2.31. The number of nitrogens with zero attached hydrogens (tertiary/aromatic N) is 2. The molecule has 0 amide bonds. The number of ether oxygens (including phenoxy) is 1. The SMILES string of the molecule is Nc1cc(Oc2ccc(Br)cc2F)nc(C(F)(F)F)n1. The number of halogens is 5. The van der Waals surface area contributed by atoms with E-state index < -0.39 is 29.5 Å². The zero-order chi connectivity index (χ0) is 14.9. The molecule has 0 aliphatic rings. The summed E-state index contributed by atoms with van der Waals surface area (Å²) in [5.74, 6) is -3.42. The van der Waals surface area contributed by atoms with Crippen molar-refractivity contribution in [3.63, 3.8) is 0 Å². The molecule has 0 saturated heterocycles. The van der Waals surface area contributed by atoms with Gasteiger partial charge < -0.3 is 10.5 Å². The number of alkyl halides is 3. The number of aromatic nitrogens is 2. The Balaban J connectivity index is 2.36. The number of nitrogens with two attached hydrogens (primary N) is 1. The highest BCUT2D eigenvalue weighted by molar-refractivity contribution is 9.10. The number of hydrogen-bond acceptors (Lipinski definition) is 4. The summed E-state index contributed by atoms with van der Waals surface area (Å²) in [5.41, 5.74) is 5.24. The van der Waals surface area contributed by atoms with Gasteiger partial charge in [-0.3, -0.25) is 0 Å². The minimum Gasteiger partial charge on any atom is -0.436 e. The van der Waals surface area contributed by atoms with Crippen LogP contribution in [0, 0.1) is 5.82 Å². The molecule has 0 atom stereocenters. The van der Waals surface area contributed by atoms with Crippen molar-refractivity contribution >= 4 is 21.7 Å². The lowest BCUT2D eigenvalue weighted by Crippen LogP contribution is -2.13. The Morgan fingerprint density at radius 3 is 2.45 bits per heavy atom. The molecule has 0 unspecified atom stereocenters. The number of benzene rings is 1. The fourth-order valence-electron chi connectivity index (χ4n) is 1.29. The third-order valence-corrected chi connectivity index (χ3v) is 2.58. The fraction of sp³-hybridized carbons (Fsp3) is 0.0909. The predicted molar refractivity (Wildman–Crippen MR) is 65.6 cm³/mol. The average molecular weight is 352 g/mol. The van der Waals surface area contributed by atoms with Gasteiger partial charge in [-0.2, -0.15) is 18.2 Å². The second-order valence-corrected chi connectivity index (χ2v) is 4.54. The van der Waals surface area contributed by atoms with Crippen LogP contribution in [0.4, 0.5) is 23.4 Å². The summed E-state index contributed by atoms with van der Waals surface area (Å²) in [6, 6.07) is 4.78. The van der Waals surface area contributed by atoms with Crippen LogP contribution in [0.5, 0.6) is 11.6 Å². The van der Waals surface area contributed by atoms with E-state index in [1.807, 2.05) is 0 Å². The lowest BCUT2D eigenvalue weighted by atomic mass is 10.3. The van der Waals surface area contributed by atoms with Crippen LogP contribution >= 0.6 is 15.9 Å². The van der Waals surface area contributed by atoms with Crippen molar-refractivity contribution in [2.45, 2.75) is 6.18 Å². The van der Waals surface area contributed by atoms with E-state index in [9.17, 15) is 17.6 Å². The van der Waals surface area contributed by atoms with Crippen LogP contribution in [0.25, 0.3) is 0 Å². The Kier molecular flexibility index (Phi) is 3.80. The van der Waals surface area contributed by atoms with E-state index >= 15 is 0 Å². The summed E-state index contributed by atoms with van der Waals surface area (Å²) in [6.07, 6.45) is -4.77. The second-order valence-electron chi connectivity index (χ2n) is 3.63. The molecule has 0 aliphatic carbocycles. The van der Waals surface area contributed by atoms with E-state index in [0.717, 1.165) is 12.1 Å². The Bertz CT molecular complexity index is 648. The standard InChI is InChI=1S/C11H6BrF4N3O/c12-5-1-2-7(6(13)3-5)20-9-4-8(17)18-10(19-9)11(14,15)16/h1-4H,(H2,17,18,19). The van der Waals surface area contributed by atoms with Crippen molar-refractivity contribution in [1.29, 1.82) is 0 Å². The van der Waals surface area contributed by atoms with Gasteiger partial charge in [0.2, 0.25) is 11.7 Å². The van der Waals surface area contributed by atoms with Crippen LogP contribution in [0.2, 0.25) is 0 Å². The summed E-state index contributed by atoms with van der Waals surface area (Å²) in [5, 5.41) is 0. The van der Waals surface area contributed by atoms with E-state index in [0.29, 0.717) is 4.47 Å². The van der Waals surface area contributed by atoms with Crippen LogP contribution in [0.1, 0.15) is 5.82 Å². The van der Waals surface area contributed by atoms with Gasteiger partial charge >= 0.3 is 6.18 Å². The number of anilines is 1. The third-order valence-electron chi connectivity index (χ3n) is 2.08. The van der Waals surface area contributed by atoms with E-state index in [1.165, 1.54) is 12.1 Å². The van der Waals surface area contributed by atoms with Crippen molar-refractivity contribution in [1.82, 2.24) is 9.97 Å². The predicted octanol–water partition coefficient (Wildman–Crippen LogP) is 3.77. The largest absolute Gasteiger partial charge is 0.451 e. The second kappa shape index (κ2) is 5.23. The molecule has 1 heterocycles. The van der Waals surface area contributed by atoms with E-state index in [1.54, 1.807) is 0 Å². The molecule has 2 aromatic rings. The summed E-state index contributed by atoms with van der Waals surface area (Å²) in [6.45, 7) is 0. The molecule has 1 aromatic carbocycles. The molecule has 0 aliphatic heterocycles. The van der Waals surface area contributed by atoms with Crippen LogP contribution in [0.15, 0.2) is 28.7 Å². The van der Waals surface area contributed by atoms with E-state index in [4.69, 9.17) is 10.5 Å².